The monoisotopic (exact) mass is 361 g/mol. The Bertz CT molecular complexity index is 629. The Morgan fingerprint density at radius 3 is 2.70 bits per heavy atom. The number of halogens is 1. The Morgan fingerprint density at radius 2 is 2.10 bits per heavy atom. The van der Waals surface area contributed by atoms with E-state index >= 15 is 0 Å². The van der Waals surface area contributed by atoms with Gasteiger partial charge in [-0.15, -0.1) is 0 Å². The van der Waals surface area contributed by atoms with E-state index in [4.69, 9.17) is 0 Å². The van der Waals surface area contributed by atoms with Crippen LogP contribution in [0.2, 0.25) is 0 Å². The number of hydrogen-bond donors (Lipinski definition) is 1. The first-order valence-corrected chi connectivity index (χ1v) is 8.58. The summed E-state index contributed by atoms with van der Waals surface area (Å²) in [6.07, 6.45) is 1.80. The third-order valence-corrected chi connectivity index (χ3v) is 6.27. The van der Waals surface area contributed by atoms with Crippen LogP contribution in [0.15, 0.2) is 27.6 Å². The highest BCUT2D eigenvalue weighted by atomic mass is 79.9. The highest BCUT2D eigenvalue weighted by Crippen LogP contribution is 2.27. The molecule has 110 valence electrons. The smallest absolute Gasteiger partial charge is 0.322 e. The molecule has 2 rings (SSSR count). The summed E-state index contributed by atoms with van der Waals surface area (Å²) >= 11 is 3.32. The average Bonchev–Trinajstić information content (AvgIpc) is 2.41. The fourth-order valence-electron chi connectivity index (χ4n) is 2.35. The van der Waals surface area contributed by atoms with Crippen LogP contribution in [0.4, 0.5) is 0 Å². The van der Waals surface area contributed by atoms with Crippen molar-refractivity contribution in [1.82, 2.24) is 4.31 Å². The number of carbonyl (C=O) groups is 1. The van der Waals surface area contributed by atoms with Gasteiger partial charge in [0.05, 0.1) is 4.90 Å². The van der Waals surface area contributed by atoms with E-state index in [1.807, 2.05) is 0 Å². The van der Waals surface area contributed by atoms with Crippen LogP contribution in [0.1, 0.15) is 24.8 Å². The first-order valence-electron chi connectivity index (χ1n) is 6.35. The molecule has 1 heterocycles. The molecule has 0 spiro atoms. The quantitative estimate of drug-likeness (QED) is 0.896. The number of hydrogen-bond acceptors (Lipinski definition) is 3. The summed E-state index contributed by atoms with van der Waals surface area (Å²) < 4.78 is 27.2. The van der Waals surface area contributed by atoms with Gasteiger partial charge in [-0.05, 0) is 49.9 Å². The second-order valence-corrected chi connectivity index (χ2v) is 7.62. The minimum absolute atomic E-state index is 0.145. The molecule has 5 nitrogen and oxygen atoms in total. The highest BCUT2D eigenvalue weighted by Gasteiger charge is 2.37. The molecule has 1 aromatic rings. The van der Waals surface area contributed by atoms with Gasteiger partial charge in [0, 0.05) is 11.0 Å². The van der Waals surface area contributed by atoms with E-state index in [9.17, 15) is 18.3 Å². The maximum absolute atomic E-state index is 12.6. The molecule has 0 radical (unpaired) electrons. The van der Waals surface area contributed by atoms with E-state index in [1.54, 1.807) is 19.1 Å². The zero-order chi connectivity index (χ0) is 14.9. The molecule has 0 bridgehead atoms. The lowest BCUT2D eigenvalue weighted by Gasteiger charge is -2.31. The maximum atomic E-state index is 12.6. The van der Waals surface area contributed by atoms with Crippen molar-refractivity contribution < 1.29 is 18.3 Å². The Morgan fingerprint density at radius 1 is 1.40 bits per heavy atom. The van der Waals surface area contributed by atoms with Crippen molar-refractivity contribution >= 4 is 31.9 Å². The summed E-state index contributed by atoms with van der Waals surface area (Å²) in [6, 6.07) is 3.77. The van der Waals surface area contributed by atoms with Gasteiger partial charge in [0.2, 0.25) is 10.0 Å². The van der Waals surface area contributed by atoms with Gasteiger partial charge in [0.25, 0.3) is 0 Å². The Labute approximate surface area is 126 Å². The van der Waals surface area contributed by atoms with Crippen LogP contribution in [0.3, 0.4) is 0 Å². The van der Waals surface area contributed by atoms with Crippen LogP contribution < -0.4 is 0 Å². The van der Waals surface area contributed by atoms with Crippen molar-refractivity contribution in [1.29, 1.82) is 0 Å². The minimum atomic E-state index is -3.76. The van der Waals surface area contributed by atoms with Crippen LogP contribution in [-0.4, -0.2) is 36.4 Å². The molecule has 0 aliphatic carbocycles. The third-order valence-electron chi connectivity index (χ3n) is 3.47. The van der Waals surface area contributed by atoms with Gasteiger partial charge in [0.1, 0.15) is 6.04 Å². The van der Waals surface area contributed by atoms with Crippen LogP contribution in [0, 0.1) is 6.92 Å². The number of rotatable bonds is 3. The molecule has 1 aromatic carbocycles. The number of sulfonamides is 1. The second kappa shape index (κ2) is 5.83. The van der Waals surface area contributed by atoms with Crippen molar-refractivity contribution in [3.8, 4) is 0 Å². The van der Waals surface area contributed by atoms with E-state index in [-0.39, 0.29) is 11.4 Å². The zero-order valence-corrected chi connectivity index (χ0v) is 13.4. The fraction of sp³-hybridized carbons (Fsp3) is 0.462. The van der Waals surface area contributed by atoms with Gasteiger partial charge < -0.3 is 5.11 Å². The largest absolute Gasteiger partial charge is 0.480 e. The molecule has 0 unspecified atom stereocenters. The molecule has 1 saturated heterocycles. The molecule has 1 aliphatic rings. The highest BCUT2D eigenvalue weighted by molar-refractivity contribution is 9.10. The molecule has 0 saturated carbocycles. The van der Waals surface area contributed by atoms with Crippen molar-refractivity contribution in [3.05, 3.63) is 28.2 Å². The summed E-state index contributed by atoms with van der Waals surface area (Å²) in [4.78, 5) is 11.4. The van der Waals surface area contributed by atoms with Gasteiger partial charge >= 0.3 is 5.97 Å². The van der Waals surface area contributed by atoms with Crippen molar-refractivity contribution in [2.45, 2.75) is 37.1 Å². The van der Waals surface area contributed by atoms with Gasteiger partial charge in [-0.2, -0.15) is 4.31 Å². The normalized spacial score (nSPS) is 20.8. The number of benzene rings is 1. The molecule has 1 atom stereocenters. The number of carboxylic acids is 1. The maximum Gasteiger partial charge on any atom is 0.322 e. The topological polar surface area (TPSA) is 74.7 Å². The summed E-state index contributed by atoms with van der Waals surface area (Å²) in [5.41, 5.74) is 0.801. The molecule has 1 fully saturated rings. The van der Waals surface area contributed by atoms with E-state index in [0.717, 1.165) is 20.8 Å². The lowest BCUT2D eigenvalue weighted by Crippen LogP contribution is -2.47. The van der Waals surface area contributed by atoms with E-state index in [2.05, 4.69) is 15.9 Å². The first-order chi connectivity index (χ1) is 9.34. The number of nitrogens with zero attached hydrogens (tertiary/aromatic N) is 1. The first kappa shape index (κ1) is 15.5. The Balaban J connectivity index is 2.42. The van der Waals surface area contributed by atoms with E-state index < -0.39 is 22.0 Å². The molecule has 1 aliphatic heterocycles. The standard InChI is InChI=1S/C13H16BrNO4S/c1-9-8-10(5-6-11(9)14)20(18,19)15-7-3-2-4-12(15)13(16)17/h5-6,8,12H,2-4,7H2,1H3,(H,16,17)/t12-/m0/s1. The molecule has 7 heteroatoms. The van der Waals surface area contributed by atoms with Gasteiger partial charge in [-0.3, -0.25) is 4.79 Å². The second-order valence-electron chi connectivity index (χ2n) is 4.88. The lowest BCUT2D eigenvalue weighted by molar-refractivity contribution is -0.142. The third kappa shape index (κ3) is 2.89. The number of aryl methyl sites for hydroxylation is 1. The zero-order valence-electron chi connectivity index (χ0n) is 11.0. The van der Waals surface area contributed by atoms with Crippen molar-refractivity contribution in [2.24, 2.45) is 0 Å². The van der Waals surface area contributed by atoms with Crippen LogP contribution in [0.25, 0.3) is 0 Å². The number of aliphatic carboxylic acids is 1. The van der Waals surface area contributed by atoms with Gasteiger partial charge in [0.15, 0.2) is 0 Å². The van der Waals surface area contributed by atoms with Crippen LogP contribution in [0.5, 0.6) is 0 Å². The lowest BCUT2D eigenvalue weighted by atomic mass is 10.1. The van der Waals surface area contributed by atoms with Crippen LogP contribution >= 0.6 is 15.9 Å². The predicted octanol–water partition coefficient (Wildman–Crippen LogP) is 2.39. The summed E-state index contributed by atoms with van der Waals surface area (Å²) in [5.74, 6) is -1.08. The summed E-state index contributed by atoms with van der Waals surface area (Å²) in [7, 11) is -3.76. The SMILES string of the molecule is Cc1cc(S(=O)(=O)N2CCCC[C@H]2C(=O)O)ccc1Br. The predicted molar refractivity (Wildman–Crippen MR) is 78.0 cm³/mol. The number of carboxylic acid groups (broad SMARTS) is 1. The molecule has 0 aromatic heterocycles. The summed E-state index contributed by atoms with van der Waals surface area (Å²) in [6.45, 7) is 2.06. The van der Waals surface area contributed by atoms with Gasteiger partial charge in [-0.25, -0.2) is 8.42 Å². The molecule has 0 amide bonds. The van der Waals surface area contributed by atoms with Gasteiger partial charge in [-0.1, -0.05) is 15.9 Å². The van der Waals surface area contributed by atoms with Crippen molar-refractivity contribution in [3.63, 3.8) is 0 Å². The van der Waals surface area contributed by atoms with E-state index in [0.29, 0.717) is 12.8 Å². The molecular weight excluding hydrogens is 346 g/mol. The molecular formula is C13H16BrNO4S. The number of piperidine rings is 1. The molecule has 20 heavy (non-hydrogen) atoms. The minimum Gasteiger partial charge on any atom is -0.480 e. The molecule has 1 N–H and O–H groups in total. The van der Waals surface area contributed by atoms with Crippen LogP contribution in [-0.2, 0) is 14.8 Å². The fourth-order valence-corrected chi connectivity index (χ4v) is 4.34. The van der Waals surface area contributed by atoms with Crippen molar-refractivity contribution in [2.75, 3.05) is 6.54 Å². The Hall–Kier alpha value is -0.920. The summed E-state index contributed by atoms with van der Waals surface area (Å²) in [5, 5.41) is 9.20. The Kier molecular flexibility index (Phi) is 4.51. The average molecular weight is 362 g/mol. The van der Waals surface area contributed by atoms with E-state index in [1.165, 1.54) is 6.07 Å².